The molecular formula is C22H23ClN2O3. The van der Waals surface area contributed by atoms with E-state index in [0.29, 0.717) is 30.7 Å². The molecule has 0 saturated heterocycles. The molecule has 1 aromatic heterocycles. The molecular weight excluding hydrogens is 376 g/mol. The van der Waals surface area contributed by atoms with Gasteiger partial charge in [-0.25, -0.2) is 0 Å². The van der Waals surface area contributed by atoms with Crippen LogP contribution in [0.25, 0.3) is 10.9 Å². The van der Waals surface area contributed by atoms with Gasteiger partial charge in [-0.15, -0.1) is 0 Å². The topological polar surface area (TPSA) is 71.2 Å². The average molecular weight is 399 g/mol. The summed E-state index contributed by atoms with van der Waals surface area (Å²) in [5.41, 5.74) is 2.29. The molecule has 0 aliphatic rings. The van der Waals surface area contributed by atoms with Gasteiger partial charge in [0.1, 0.15) is 5.75 Å². The van der Waals surface area contributed by atoms with E-state index in [2.05, 4.69) is 10.3 Å². The fourth-order valence-electron chi connectivity index (χ4n) is 3.10. The lowest BCUT2D eigenvalue weighted by atomic mass is 10.1. The first-order valence-electron chi connectivity index (χ1n) is 9.27. The molecule has 0 aliphatic carbocycles. The van der Waals surface area contributed by atoms with Crippen LogP contribution in [0.4, 0.5) is 0 Å². The van der Waals surface area contributed by atoms with Gasteiger partial charge in [0, 0.05) is 29.6 Å². The van der Waals surface area contributed by atoms with Crippen molar-refractivity contribution in [3.8, 4) is 5.75 Å². The van der Waals surface area contributed by atoms with Crippen molar-refractivity contribution in [2.45, 2.75) is 25.7 Å². The summed E-state index contributed by atoms with van der Waals surface area (Å²) in [6.07, 6.45) is 2.40. The fourth-order valence-corrected chi connectivity index (χ4v) is 3.33. The van der Waals surface area contributed by atoms with Gasteiger partial charge in [-0.1, -0.05) is 29.8 Å². The van der Waals surface area contributed by atoms with Crippen LogP contribution < -0.4 is 15.6 Å². The van der Waals surface area contributed by atoms with Crippen LogP contribution in [-0.4, -0.2) is 24.5 Å². The van der Waals surface area contributed by atoms with Crippen molar-refractivity contribution in [1.82, 2.24) is 10.3 Å². The highest BCUT2D eigenvalue weighted by atomic mass is 35.5. The van der Waals surface area contributed by atoms with Crippen molar-refractivity contribution in [2.75, 3.05) is 13.7 Å². The summed E-state index contributed by atoms with van der Waals surface area (Å²) in [6, 6.07) is 15.1. The smallest absolute Gasteiger partial charge is 0.251 e. The van der Waals surface area contributed by atoms with Crippen LogP contribution >= 0.6 is 11.6 Å². The number of hydrogen-bond donors (Lipinski definition) is 2. The molecule has 3 aromatic rings. The van der Waals surface area contributed by atoms with Crippen LogP contribution in [0.15, 0.2) is 53.3 Å². The molecule has 6 heteroatoms. The summed E-state index contributed by atoms with van der Waals surface area (Å²) in [5.74, 6) is 0.675. The number of carbonyl (C=O) groups is 1. The first-order valence-corrected chi connectivity index (χ1v) is 9.64. The number of carbonyl (C=O) groups excluding carboxylic acids is 1. The number of aryl methyl sites for hydroxylation is 1. The second kappa shape index (κ2) is 9.42. The molecule has 0 fully saturated rings. The summed E-state index contributed by atoms with van der Waals surface area (Å²) < 4.78 is 5.17. The van der Waals surface area contributed by atoms with Crippen LogP contribution in [0.3, 0.4) is 0 Å². The largest absolute Gasteiger partial charge is 0.497 e. The third-order valence-corrected chi connectivity index (χ3v) is 5.02. The Morgan fingerprint density at radius 1 is 1.11 bits per heavy atom. The molecule has 2 aromatic carbocycles. The van der Waals surface area contributed by atoms with Gasteiger partial charge in [-0.2, -0.15) is 0 Å². The first kappa shape index (κ1) is 20.0. The molecule has 0 bridgehead atoms. The summed E-state index contributed by atoms with van der Waals surface area (Å²) in [4.78, 5) is 27.1. The van der Waals surface area contributed by atoms with Gasteiger partial charge in [0.05, 0.1) is 12.6 Å². The van der Waals surface area contributed by atoms with Gasteiger partial charge in [0.15, 0.2) is 0 Å². The van der Waals surface area contributed by atoms with E-state index in [1.54, 1.807) is 13.2 Å². The number of nitrogens with one attached hydrogen (secondary N) is 2. The number of hydrogen-bond acceptors (Lipinski definition) is 3. The number of aromatic amines is 1. The monoisotopic (exact) mass is 398 g/mol. The van der Waals surface area contributed by atoms with Gasteiger partial charge in [0.2, 0.25) is 5.91 Å². The Morgan fingerprint density at radius 2 is 1.93 bits per heavy atom. The normalized spacial score (nSPS) is 10.8. The average Bonchev–Trinajstić information content (AvgIpc) is 2.69. The summed E-state index contributed by atoms with van der Waals surface area (Å²) in [5, 5.41) is 4.55. The predicted molar refractivity (Wildman–Crippen MR) is 112 cm³/mol. The number of methoxy groups -OCH3 is 1. The highest BCUT2D eigenvalue weighted by molar-refractivity contribution is 6.31. The Balaban J connectivity index is 1.49. The lowest BCUT2D eigenvalue weighted by Gasteiger charge is -2.07. The molecule has 146 valence electrons. The molecule has 0 saturated carbocycles. The Morgan fingerprint density at radius 3 is 2.71 bits per heavy atom. The maximum atomic E-state index is 12.2. The van der Waals surface area contributed by atoms with E-state index >= 15 is 0 Å². The van der Waals surface area contributed by atoms with Crippen molar-refractivity contribution < 1.29 is 9.53 Å². The molecule has 0 radical (unpaired) electrons. The van der Waals surface area contributed by atoms with E-state index in [0.717, 1.165) is 34.3 Å². The predicted octanol–water partition coefficient (Wildman–Crippen LogP) is 3.87. The van der Waals surface area contributed by atoms with Crippen molar-refractivity contribution >= 4 is 28.4 Å². The molecule has 0 aliphatic heterocycles. The van der Waals surface area contributed by atoms with Crippen molar-refractivity contribution in [3.05, 3.63) is 75.0 Å². The number of pyridine rings is 1. The molecule has 2 N–H and O–H groups in total. The zero-order valence-corrected chi connectivity index (χ0v) is 16.5. The van der Waals surface area contributed by atoms with Crippen LogP contribution in [-0.2, 0) is 17.6 Å². The lowest BCUT2D eigenvalue weighted by Crippen LogP contribution is -2.27. The second-order valence-electron chi connectivity index (χ2n) is 6.62. The molecule has 28 heavy (non-hydrogen) atoms. The van der Waals surface area contributed by atoms with E-state index in [4.69, 9.17) is 16.3 Å². The number of H-pyrrole nitrogens is 1. The zero-order valence-electron chi connectivity index (χ0n) is 15.8. The van der Waals surface area contributed by atoms with Gasteiger partial charge in [0.25, 0.3) is 5.56 Å². The molecule has 0 atom stereocenters. The standard InChI is InChI=1S/C22H23ClN2O3/c1-28-18-10-9-16-13-17(22(27)25-20(16)14-18)11-12-24-21(26)8-4-6-15-5-2-3-7-19(15)23/h2-3,5,7,9-10,13-14H,4,6,8,11-12H2,1H3,(H,24,26)(H,25,27). The highest BCUT2D eigenvalue weighted by Crippen LogP contribution is 2.19. The van der Waals surface area contributed by atoms with Gasteiger partial charge < -0.3 is 15.0 Å². The SMILES string of the molecule is COc1ccc2cc(CCNC(=O)CCCc3ccccc3Cl)c(=O)[nH]c2c1. The van der Waals surface area contributed by atoms with Crippen molar-refractivity contribution in [3.63, 3.8) is 0 Å². The van der Waals surface area contributed by atoms with E-state index in [9.17, 15) is 9.59 Å². The summed E-state index contributed by atoms with van der Waals surface area (Å²) >= 11 is 6.12. The third-order valence-electron chi connectivity index (χ3n) is 4.65. The number of fused-ring (bicyclic) bond motifs is 1. The molecule has 0 spiro atoms. The minimum absolute atomic E-state index is 0.0194. The second-order valence-corrected chi connectivity index (χ2v) is 7.03. The minimum atomic E-state index is -0.145. The maximum absolute atomic E-state index is 12.2. The first-order chi connectivity index (χ1) is 13.6. The van der Waals surface area contributed by atoms with Crippen LogP contribution in [0.1, 0.15) is 24.0 Å². The number of amides is 1. The maximum Gasteiger partial charge on any atom is 0.251 e. The highest BCUT2D eigenvalue weighted by Gasteiger charge is 2.07. The zero-order chi connectivity index (χ0) is 19.9. The number of halogens is 1. The van der Waals surface area contributed by atoms with Gasteiger partial charge in [-0.05, 0) is 54.5 Å². The molecule has 1 heterocycles. The van der Waals surface area contributed by atoms with Crippen molar-refractivity contribution in [1.29, 1.82) is 0 Å². The van der Waals surface area contributed by atoms with E-state index in [1.165, 1.54) is 0 Å². The number of aromatic nitrogens is 1. The van der Waals surface area contributed by atoms with Gasteiger partial charge in [-0.3, -0.25) is 9.59 Å². The molecule has 3 rings (SSSR count). The van der Waals surface area contributed by atoms with Crippen LogP contribution in [0.2, 0.25) is 5.02 Å². The van der Waals surface area contributed by atoms with E-state index in [1.807, 2.05) is 42.5 Å². The summed E-state index contributed by atoms with van der Waals surface area (Å²) in [6.45, 7) is 0.426. The van der Waals surface area contributed by atoms with E-state index < -0.39 is 0 Å². The summed E-state index contributed by atoms with van der Waals surface area (Å²) in [7, 11) is 1.59. The molecule has 1 amide bonds. The third kappa shape index (κ3) is 5.14. The molecule has 5 nitrogen and oxygen atoms in total. The Kier molecular flexibility index (Phi) is 6.71. The number of benzene rings is 2. The quantitative estimate of drug-likeness (QED) is 0.605. The van der Waals surface area contributed by atoms with Crippen LogP contribution in [0.5, 0.6) is 5.75 Å². The number of ether oxygens (including phenoxy) is 1. The Labute approximate surface area is 168 Å². The Bertz CT molecular complexity index is 1030. The number of rotatable bonds is 8. The fraction of sp³-hybridized carbons (Fsp3) is 0.273. The van der Waals surface area contributed by atoms with Crippen molar-refractivity contribution in [2.24, 2.45) is 0 Å². The van der Waals surface area contributed by atoms with Gasteiger partial charge >= 0.3 is 0 Å². The van der Waals surface area contributed by atoms with Crippen LogP contribution in [0, 0.1) is 0 Å². The lowest BCUT2D eigenvalue weighted by molar-refractivity contribution is -0.121. The molecule has 0 unspecified atom stereocenters. The van der Waals surface area contributed by atoms with E-state index in [-0.39, 0.29) is 11.5 Å². The Hall–Kier alpha value is -2.79. The minimum Gasteiger partial charge on any atom is -0.497 e.